The molecule has 0 atom stereocenters. The number of sulfonamides is 1. The molecule has 5 rings (SSSR count). The number of rotatable bonds is 8. The monoisotopic (exact) mass is 591 g/mol. The van der Waals surface area contributed by atoms with Crippen LogP contribution in [0, 0.1) is 0 Å². The number of benzene rings is 1. The molecule has 1 saturated heterocycles. The van der Waals surface area contributed by atoms with Gasteiger partial charge in [-0.25, -0.2) is 17.6 Å². The predicted octanol–water partition coefficient (Wildman–Crippen LogP) is 2.94. The minimum atomic E-state index is -3.71. The molecule has 4 aromatic rings. The van der Waals surface area contributed by atoms with E-state index < -0.39 is 10.0 Å². The Morgan fingerprint density at radius 2 is 1.89 bits per heavy atom. The first-order chi connectivity index (χ1) is 17.8. The van der Waals surface area contributed by atoms with Gasteiger partial charge in [-0.3, -0.25) is 4.57 Å². The maximum Gasteiger partial charge on any atom is 0.335 e. The summed E-state index contributed by atoms with van der Waals surface area (Å²) in [4.78, 5) is 19.0. The summed E-state index contributed by atoms with van der Waals surface area (Å²) in [5.41, 5.74) is 2.61. The highest BCUT2D eigenvalue weighted by Crippen LogP contribution is 2.41. The first-order valence-electron chi connectivity index (χ1n) is 12.4. The van der Waals surface area contributed by atoms with Gasteiger partial charge in [0, 0.05) is 38.3 Å². The lowest BCUT2D eigenvalue weighted by atomic mass is 10.1. The molecule has 3 aromatic heterocycles. The molecule has 198 valence electrons. The molecule has 0 amide bonds. The lowest BCUT2D eigenvalue weighted by Crippen LogP contribution is -2.48. The Kier molecular flexibility index (Phi) is 7.14. The summed E-state index contributed by atoms with van der Waals surface area (Å²) in [6.45, 7) is 10.1. The van der Waals surface area contributed by atoms with E-state index >= 15 is 0 Å². The second kappa shape index (κ2) is 10.2. The van der Waals surface area contributed by atoms with Crippen LogP contribution in [0.5, 0.6) is 5.75 Å². The second-order valence-corrected chi connectivity index (χ2v) is 11.7. The summed E-state index contributed by atoms with van der Waals surface area (Å²) in [7, 11) is -3.71. The van der Waals surface area contributed by atoms with Crippen molar-refractivity contribution in [3.05, 3.63) is 39.5 Å². The molecule has 4 heterocycles. The molecular formula is C24H30BrN7O4S. The maximum absolute atomic E-state index is 13.6. The second-order valence-electron chi connectivity index (χ2n) is 8.93. The van der Waals surface area contributed by atoms with Crippen LogP contribution in [-0.2, 0) is 16.6 Å². The summed E-state index contributed by atoms with van der Waals surface area (Å²) >= 11 is 3.70. The summed E-state index contributed by atoms with van der Waals surface area (Å²) in [5, 5.41) is 8.09. The van der Waals surface area contributed by atoms with E-state index in [9.17, 15) is 13.2 Å². The highest BCUT2D eigenvalue weighted by molar-refractivity contribution is 9.10. The SMILES string of the molecule is CCCn1c(=O)n2cnnc2c2[nH]c(-c3cc(S(=O)(=O)N4CCN(CC)CC4)ccc3OCC)c(Br)c21. The zero-order chi connectivity index (χ0) is 26.3. The smallest absolute Gasteiger partial charge is 0.335 e. The van der Waals surface area contributed by atoms with Crippen LogP contribution in [0.1, 0.15) is 27.2 Å². The minimum absolute atomic E-state index is 0.194. The van der Waals surface area contributed by atoms with Gasteiger partial charge in [-0.05, 0) is 54.0 Å². The van der Waals surface area contributed by atoms with E-state index in [1.165, 1.54) is 15.0 Å². The third-order valence-electron chi connectivity index (χ3n) is 6.78. The predicted molar refractivity (Wildman–Crippen MR) is 145 cm³/mol. The third kappa shape index (κ3) is 4.37. The first-order valence-corrected chi connectivity index (χ1v) is 14.7. The van der Waals surface area contributed by atoms with E-state index in [4.69, 9.17) is 4.74 Å². The Morgan fingerprint density at radius 1 is 1.14 bits per heavy atom. The Hall–Kier alpha value is -2.74. The van der Waals surface area contributed by atoms with Gasteiger partial charge in [-0.1, -0.05) is 13.8 Å². The van der Waals surface area contributed by atoms with Crippen molar-refractivity contribution in [1.29, 1.82) is 0 Å². The Morgan fingerprint density at radius 3 is 2.57 bits per heavy atom. The zero-order valence-corrected chi connectivity index (χ0v) is 23.5. The van der Waals surface area contributed by atoms with Crippen molar-refractivity contribution < 1.29 is 13.2 Å². The van der Waals surface area contributed by atoms with Crippen LogP contribution in [0.25, 0.3) is 27.9 Å². The number of hydrogen-bond donors (Lipinski definition) is 1. The molecule has 1 aliphatic heterocycles. The number of halogens is 1. The van der Waals surface area contributed by atoms with E-state index in [-0.39, 0.29) is 10.6 Å². The molecule has 1 aliphatic rings. The van der Waals surface area contributed by atoms with Crippen molar-refractivity contribution in [3.63, 3.8) is 0 Å². The number of nitrogens with zero attached hydrogens (tertiary/aromatic N) is 6. The van der Waals surface area contributed by atoms with Crippen molar-refractivity contribution in [2.45, 2.75) is 38.6 Å². The van der Waals surface area contributed by atoms with Crippen molar-refractivity contribution in [2.24, 2.45) is 0 Å². The number of fused-ring (bicyclic) bond motifs is 3. The van der Waals surface area contributed by atoms with Crippen LogP contribution in [0.4, 0.5) is 0 Å². The van der Waals surface area contributed by atoms with Gasteiger partial charge in [0.2, 0.25) is 10.0 Å². The summed E-state index contributed by atoms with van der Waals surface area (Å²) in [5.74, 6) is 0.534. The van der Waals surface area contributed by atoms with E-state index in [1.54, 1.807) is 22.8 Å². The molecule has 1 fully saturated rings. The third-order valence-corrected chi connectivity index (χ3v) is 9.44. The number of piperazine rings is 1. The van der Waals surface area contributed by atoms with E-state index in [1.807, 2.05) is 13.8 Å². The number of H-pyrrole nitrogens is 1. The number of nitrogens with one attached hydrogen (secondary N) is 1. The average Bonchev–Trinajstić information content (AvgIpc) is 3.52. The van der Waals surface area contributed by atoms with Gasteiger partial charge < -0.3 is 14.6 Å². The standard InChI is InChI=1S/C24H30BrN7O4S/c1-4-9-31-22-19(25)20(27-21(22)23-28-26-15-32(23)24(31)33)17-14-16(7-8-18(17)36-6-3)37(34,35)30-12-10-29(5-2)11-13-30/h7-8,14-15,27H,4-6,9-13H2,1-3H3. The van der Waals surface area contributed by atoms with Crippen LogP contribution in [0.15, 0.2) is 38.7 Å². The Labute approximate surface area is 223 Å². The molecular weight excluding hydrogens is 562 g/mol. The lowest BCUT2D eigenvalue weighted by molar-refractivity contribution is 0.196. The van der Waals surface area contributed by atoms with E-state index in [0.717, 1.165) is 13.0 Å². The number of ether oxygens (including phenoxy) is 1. The van der Waals surface area contributed by atoms with Crippen molar-refractivity contribution >= 4 is 42.6 Å². The number of likely N-dealkylation sites (N-methyl/N-ethyl adjacent to an activating group) is 1. The molecule has 1 N–H and O–H groups in total. The molecule has 0 saturated carbocycles. The number of aromatic amines is 1. The molecule has 0 spiro atoms. The van der Waals surface area contributed by atoms with Gasteiger partial charge in [-0.15, -0.1) is 10.2 Å². The lowest BCUT2D eigenvalue weighted by Gasteiger charge is -2.33. The fourth-order valence-electron chi connectivity index (χ4n) is 4.85. The van der Waals surface area contributed by atoms with Gasteiger partial charge in [0.25, 0.3) is 0 Å². The molecule has 1 aromatic carbocycles. The van der Waals surface area contributed by atoms with E-state index in [2.05, 4.69) is 42.9 Å². The van der Waals surface area contributed by atoms with Crippen LogP contribution in [0.2, 0.25) is 0 Å². The van der Waals surface area contributed by atoms with Crippen molar-refractivity contribution in [2.75, 3.05) is 39.3 Å². The highest BCUT2D eigenvalue weighted by Gasteiger charge is 2.30. The van der Waals surface area contributed by atoms with Crippen LogP contribution < -0.4 is 10.4 Å². The Balaban J connectivity index is 1.69. The van der Waals surface area contributed by atoms with Gasteiger partial charge in [-0.2, -0.15) is 4.31 Å². The minimum Gasteiger partial charge on any atom is -0.493 e. The number of aromatic nitrogens is 5. The summed E-state index contributed by atoms with van der Waals surface area (Å²) in [6.07, 6.45) is 2.15. The van der Waals surface area contributed by atoms with Gasteiger partial charge in [0.15, 0.2) is 5.65 Å². The number of hydrogen-bond acceptors (Lipinski definition) is 7. The highest BCUT2D eigenvalue weighted by atomic mass is 79.9. The molecule has 0 bridgehead atoms. The largest absolute Gasteiger partial charge is 0.493 e. The van der Waals surface area contributed by atoms with E-state index in [0.29, 0.717) is 77.5 Å². The van der Waals surface area contributed by atoms with Gasteiger partial charge >= 0.3 is 5.69 Å². The normalized spacial score (nSPS) is 15.7. The molecule has 0 radical (unpaired) electrons. The summed E-state index contributed by atoms with van der Waals surface area (Å²) in [6, 6.07) is 4.93. The van der Waals surface area contributed by atoms with Crippen LogP contribution in [-0.4, -0.2) is 81.1 Å². The van der Waals surface area contributed by atoms with Gasteiger partial charge in [0.1, 0.15) is 17.6 Å². The van der Waals surface area contributed by atoms with Crippen LogP contribution in [0.3, 0.4) is 0 Å². The fourth-order valence-corrected chi connectivity index (χ4v) is 7.03. The van der Waals surface area contributed by atoms with Crippen molar-refractivity contribution in [1.82, 2.24) is 33.4 Å². The first kappa shape index (κ1) is 25.9. The molecule has 0 unspecified atom stereocenters. The fraction of sp³-hybridized carbons (Fsp3) is 0.458. The van der Waals surface area contributed by atoms with Crippen molar-refractivity contribution in [3.8, 4) is 17.0 Å². The molecule has 11 nitrogen and oxygen atoms in total. The van der Waals surface area contributed by atoms with Gasteiger partial charge in [0.05, 0.1) is 27.2 Å². The Bertz CT molecular complexity index is 1620. The number of aryl methyl sites for hydroxylation is 1. The zero-order valence-electron chi connectivity index (χ0n) is 21.1. The topological polar surface area (TPSA) is 118 Å². The summed E-state index contributed by atoms with van der Waals surface area (Å²) < 4.78 is 38.3. The quantitative estimate of drug-likeness (QED) is 0.334. The molecule has 37 heavy (non-hydrogen) atoms. The molecule has 0 aliphatic carbocycles. The average molecular weight is 593 g/mol. The molecule has 13 heteroatoms. The maximum atomic E-state index is 13.6. The van der Waals surface area contributed by atoms with Crippen LogP contribution >= 0.6 is 15.9 Å².